The number of benzene rings is 6. The third kappa shape index (κ3) is 10.5. The molecule has 0 aliphatic heterocycles. The molecule has 0 aliphatic carbocycles. The molecule has 14 nitrogen and oxygen atoms in total. The molecule has 1 atom stereocenters. The molecule has 0 aliphatic rings. The Bertz CT molecular complexity index is 2910. The Morgan fingerprint density at radius 3 is 2.00 bits per heavy atom. The van der Waals surface area contributed by atoms with E-state index in [4.69, 9.17) is 15.5 Å². The number of nitrogens with one attached hydrogen (secondary N) is 4. The average Bonchev–Trinajstić information content (AvgIpc) is 4.02. The highest BCUT2D eigenvalue weighted by Gasteiger charge is 2.39. The van der Waals surface area contributed by atoms with Crippen molar-refractivity contribution in [2.45, 2.75) is 34.3 Å². The average molecular weight is 934 g/mol. The summed E-state index contributed by atoms with van der Waals surface area (Å²) in [5.74, 6) is -0.131. The SMILES string of the molecule is COC(=O)[C@H](CNC(=O)c1ccc2c(cnn2CCCNc2nccn2C(c2ccccc2)(c2ccccc2)c2ccccc2)c1)NSc1ccc(-c2ccc(S(=O)(=O)NCCN)cc2)cc1. The second-order valence-electron chi connectivity index (χ2n) is 15.6. The largest absolute Gasteiger partial charge is 0.468 e. The summed E-state index contributed by atoms with van der Waals surface area (Å²) in [5, 5.41) is 11.9. The molecule has 0 saturated carbocycles. The Labute approximate surface area is 394 Å². The molecule has 67 heavy (non-hydrogen) atoms. The van der Waals surface area contributed by atoms with Crippen molar-refractivity contribution in [2.75, 3.05) is 38.6 Å². The molecule has 0 unspecified atom stereocenters. The number of aryl methyl sites for hydroxylation is 1. The minimum atomic E-state index is -3.63. The molecule has 2 heterocycles. The van der Waals surface area contributed by atoms with Gasteiger partial charge in [-0.15, -0.1) is 0 Å². The van der Waals surface area contributed by atoms with Crippen molar-refractivity contribution in [1.82, 2.24) is 34.1 Å². The van der Waals surface area contributed by atoms with Gasteiger partial charge in [0.25, 0.3) is 5.91 Å². The zero-order valence-corrected chi connectivity index (χ0v) is 38.4. The quantitative estimate of drug-likeness (QED) is 0.0215. The maximum atomic E-state index is 13.4. The number of fused-ring (bicyclic) bond motifs is 1. The maximum absolute atomic E-state index is 13.4. The van der Waals surface area contributed by atoms with Gasteiger partial charge in [-0.25, -0.2) is 22.8 Å². The molecule has 0 spiro atoms. The van der Waals surface area contributed by atoms with Gasteiger partial charge in [-0.2, -0.15) is 5.10 Å². The Hall–Kier alpha value is -7.08. The van der Waals surface area contributed by atoms with E-state index in [0.29, 0.717) is 18.7 Å². The fourth-order valence-electron chi connectivity index (χ4n) is 8.07. The first-order chi connectivity index (χ1) is 32.7. The van der Waals surface area contributed by atoms with E-state index in [-0.39, 0.29) is 30.4 Å². The maximum Gasteiger partial charge on any atom is 0.325 e. The zero-order chi connectivity index (χ0) is 46.6. The number of carbonyl (C=O) groups is 2. The number of aromatic nitrogens is 4. The zero-order valence-electron chi connectivity index (χ0n) is 36.8. The van der Waals surface area contributed by atoms with Crippen molar-refractivity contribution >= 4 is 50.7 Å². The lowest BCUT2D eigenvalue weighted by Gasteiger charge is -2.38. The van der Waals surface area contributed by atoms with Gasteiger partial charge in [0, 0.05) is 61.0 Å². The highest BCUT2D eigenvalue weighted by atomic mass is 32.2. The van der Waals surface area contributed by atoms with Gasteiger partial charge in [-0.05, 0) is 88.7 Å². The van der Waals surface area contributed by atoms with E-state index in [1.807, 2.05) is 65.6 Å². The van der Waals surface area contributed by atoms with E-state index >= 15 is 0 Å². The normalized spacial score (nSPS) is 12.1. The first-order valence-electron chi connectivity index (χ1n) is 21.8. The van der Waals surface area contributed by atoms with Crippen LogP contribution in [-0.4, -0.2) is 79.0 Å². The predicted molar refractivity (Wildman–Crippen MR) is 263 cm³/mol. The molecule has 8 aromatic rings. The molecule has 0 radical (unpaired) electrons. The molecule has 6 N–H and O–H groups in total. The van der Waals surface area contributed by atoms with Crippen LogP contribution in [0.4, 0.5) is 5.95 Å². The highest BCUT2D eigenvalue weighted by Crippen LogP contribution is 2.42. The van der Waals surface area contributed by atoms with E-state index in [1.165, 1.54) is 19.1 Å². The van der Waals surface area contributed by atoms with Crippen LogP contribution in [0.2, 0.25) is 0 Å². The van der Waals surface area contributed by atoms with Crippen LogP contribution >= 0.6 is 11.9 Å². The topological polar surface area (TPSA) is 187 Å². The Kier molecular flexibility index (Phi) is 14.9. The number of nitrogens with two attached hydrogens (primary N) is 1. The van der Waals surface area contributed by atoms with Gasteiger partial charge in [0.2, 0.25) is 16.0 Å². The second kappa shape index (κ2) is 21.5. The molecule has 6 aromatic carbocycles. The van der Waals surface area contributed by atoms with Crippen molar-refractivity contribution < 1.29 is 22.7 Å². The summed E-state index contributed by atoms with van der Waals surface area (Å²) in [4.78, 5) is 31.9. The van der Waals surface area contributed by atoms with Gasteiger partial charge < -0.3 is 21.1 Å². The number of esters is 1. The van der Waals surface area contributed by atoms with Crippen LogP contribution in [0, 0.1) is 0 Å². The van der Waals surface area contributed by atoms with Crippen LogP contribution in [0.1, 0.15) is 33.5 Å². The molecule has 16 heteroatoms. The minimum Gasteiger partial charge on any atom is -0.468 e. The van der Waals surface area contributed by atoms with Crippen LogP contribution < -0.4 is 25.8 Å². The number of hydrogen-bond donors (Lipinski definition) is 5. The van der Waals surface area contributed by atoms with E-state index in [1.54, 1.807) is 42.6 Å². The number of amides is 1. The summed E-state index contributed by atoms with van der Waals surface area (Å²) in [6, 6.07) is 50.2. The lowest BCUT2D eigenvalue weighted by Crippen LogP contribution is -2.44. The van der Waals surface area contributed by atoms with E-state index in [9.17, 15) is 18.0 Å². The first-order valence-corrected chi connectivity index (χ1v) is 24.1. The molecule has 8 rings (SSSR count). The highest BCUT2D eigenvalue weighted by molar-refractivity contribution is 7.97. The summed E-state index contributed by atoms with van der Waals surface area (Å²) in [5.41, 5.74) is 11.1. The molecule has 2 aromatic heterocycles. The summed E-state index contributed by atoms with van der Waals surface area (Å²) < 4.78 is 39.6. The number of methoxy groups -OCH3 is 1. The summed E-state index contributed by atoms with van der Waals surface area (Å²) in [7, 11) is -2.33. The molecule has 0 fully saturated rings. The minimum absolute atomic E-state index is 0.0162. The van der Waals surface area contributed by atoms with Gasteiger partial charge in [0.1, 0.15) is 11.6 Å². The standard InChI is InChI=1S/C51H51N9O5S2/c1-65-49(62)46(58-66-44-23-18-37(19-24-44)38-20-25-45(26-21-38)67(63,64)57-30-28-52)36-55-48(61)39-22-27-47-40(34-39)35-56-60(47)32-11-29-53-50-54-31-33-59(50)51(41-12-5-2-6-13-41,42-14-7-3-8-15-42)43-16-9-4-10-17-43/h2-10,12-27,31,33-35,46,57-58H,11,28-30,32,36,52H2,1H3,(H,53,54)(H,55,61)/t46-/m0/s1. The monoisotopic (exact) mass is 933 g/mol. The van der Waals surface area contributed by atoms with Gasteiger partial charge in [-0.1, -0.05) is 115 Å². The lowest BCUT2D eigenvalue weighted by molar-refractivity contribution is -0.142. The smallest absolute Gasteiger partial charge is 0.325 e. The van der Waals surface area contributed by atoms with Gasteiger partial charge in [0.15, 0.2) is 0 Å². The molecular formula is C51H51N9O5S2. The number of imidazole rings is 1. The number of nitrogens with zero attached hydrogens (tertiary/aromatic N) is 4. The summed E-state index contributed by atoms with van der Waals surface area (Å²) in [6.07, 6.45) is 6.37. The molecule has 342 valence electrons. The molecule has 1 amide bonds. The Morgan fingerprint density at radius 1 is 0.791 bits per heavy atom. The Balaban J connectivity index is 0.870. The number of sulfonamides is 1. The fourth-order valence-corrected chi connectivity index (χ4v) is 9.84. The number of carbonyl (C=O) groups excluding carboxylic acids is 2. The summed E-state index contributed by atoms with van der Waals surface area (Å²) >= 11 is 1.23. The van der Waals surface area contributed by atoms with Crippen molar-refractivity contribution in [1.29, 1.82) is 0 Å². The van der Waals surface area contributed by atoms with Crippen molar-refractivity contribution in [2.24, 2.45) is 5.73 Å². The molecule has 0 saturated heterocycles. The fraction of sp³-hybridized carbons (Fsp3) is 0.176. The number of anilines is 1. The van der Waals surface area contributed by atoms with Gasteiger partial charge in [0.05, 0.1) is 23.7 Å². The summed E-state index contributed by atoms with van der Waals surface area (Å²) in [6.45, 7) is 1.61. The third-order valence-electron chi connectivity index (χ3n) is 11.4. The van der Waals surface area contributed by atoms with Gasteiger partial charge in [-0.3, -0.25) is 18.8 Å². The van der Waals surface area contributed by atoms with Gasteiger partial charge >= 0.3 is 5.97 Å². The molecule has 0 bridgehead atoms. The first kappa shape index (κ1) is 46.4. The predicted octanol–water partition coefficient (Wildman–Crippen LogP) is 7.05. The van der Waals surface area contributed by atoms with Crippen LogP contribution in [0.5, 0.6) is 0 Å². The number of ether oxygens (including phenoxy) is 1. The number of hydrogen-bond acceptors (Lipinski definition) is 11. The third-order valence-corrected chi connectivity index (χ3v) is 13.8. The molecular weight excluding hydrogens is 883 g/mol. The van der Waals surface area contributed by atoms with Crippen LogP contribution in [0.3, 0.4) is 0 Å². The van der Waals surface area contributed by atoms with E-state index < -0.39 is 27.6 Å². The second-order valence-corrected chi connectivity index (χ2v) is 18.3. The van der Waals surface area contributed by atoms with Crippen molar-refractivity contribution in [3.8, 4) is 11.1 Å². The Morgan fingerprint density at radius 2 is 1.40 bits per heavy atom. The van der Waals surface area contributed by atoms with Crippen LogP contribution in [0.15, 0.2) is 186 Å². The van der Waals surface area contributed by atoms with E-state index in [0.717, 1.165) is 56.0 Å². The van der Waals surface area contributed by atoms with Crippen LogP contribution in [0.25, 0.3) is 22.0 Å². The lowest BCUT2D eigenvalue weighted by atomic mass is 9.76. The van der Waals surface area contributed by atoms with E-state index in [2.05, 4.69) is 103 Å². The van der Waals surface area contributed by atoms with Crippen molar-refractivity contribution in [3.05, 3.63) is 199 Å². The van der Waals surface area contributed by atoms with Crippen LogP contribution in [-0.2, 0) is 31.6 Å². The number of rotatable bonds is 21. The van der Waals surface area contributed by atoms with Crippen molar-refractivity contribution in [3.63, 3.8) is 0 Å².